The molecule has 0 aliphatic rings. The van der Waals surface area contributed by atoms with Gasteiger partial charge in [0, 0.05) is 0 Å². The number of ether oxygens (including phenoxy) is 1. The number of hydrogen-bond donors (Lipinski definition) is 0. The minimum Gasteiger partial charge on any atom is -0.378 e. The van der Waals surface area contributed by atoms with Crippen LogP contribution in [0, 0.1) is 33.5 Å². The molecule has 0 radical (unpaired) electrons. The Kier molecular flexibility index (Phi) is 3.91. The maximum atomic E-state index is 8.69. The molecule has 0 saturated heterocycles. The zero-order valence-electron chi connectivity index (χ0n) is 8.72. The van der Waals surface area contributed by atoms with Crippen LogP contribution in [0.3, 0.4) is 0 Å². The van der Waals surface area contributed by atoms with Crippen LogP contribution in [0.5, 0.6) is 0 Å². The minimum absolute atomic E-state index is 0.370. The van der Waals surface area contributed by atoms with Gasteiger partial charge in [0.2, 0.25) is 0 Å². The highest BCUT2D eigenvalue weighted by Gasteiger charge is 2.21. The molecule has 0 amide bonds. The van der Waals surface area contributed by atoms with Crippen molar-refractivity contribution in [3.8, 4) is 12.1 Å². The molecule has 0 aromatic heterocycles. The minimum atomic E-state index is -0.467. The fraction of sp³-hybridized carbons (Fsp3) is 0.800. The molecule has 0 aliphatic carbocycles. The number of nitriles is 2. The van der Waals surface area contributed by atoms with Gasteiger partial charge in [0.1, 0.15) is 0 Å². The summed E-state index contributed by atoms with van der Waals surface area (Å²) in [5.74, 6) is 0. The van der Waals surface area contributed by atoms with Gasteiger partial charge in [0.15, 0.2) is 0 Å². The van der Waals surface area contributed by atoms with Crippen molar-refractivity contribution in [2.75, 3.05) is 13.2 Å². The van der Waals surface area contributed by atoms with Crippen molar-refractivity contribution in [3.05, 3.63) is 0 Å². The maximum absolute atomic E-state index is 8.69. The van der Waals surface area contributed by atoms with E-state index in [0.29, 0.717) is 13.2 Å². The average molecular weight is 180 g/mol. The van der Waals surface area contributed by atoms with Crippen LogP contribution >= 0.6 is 0 Å². The van der Waals surface area contributed by atoms with Gasteiger partial charge in [-0.05, 0) is 27.7 Å². The summed E-state index contributed by atoms with van der Waals surface area (Å²) < 4.78 is 5.30. The Labute approximate surface area is 79.9 Å². The lowest BCUT2D eigenvalue weighted by atomic mass is 9.96. The molecule has 0 fully saturated rings. The standard InChI is InChI=1S/C10H16N2O/c1-9(2,5-11)7-13-8-10(3,4)6-12/h7-8H2,1-4H3. The van der Waals surface area contributed by atoms with E-state index >= 15 is 0 Å². The van der Waals surface area contributed by atoms with Gasteiger partial charge in [0.25, 0.3) is 0 Å². The fourth-order valence-corrected chi connectivity index (χ4v) is 0.626. The molecule has 0 spiro atoms. The van der Waals surface area contributed by atoms with Crippen molar-refractivity contribution in [2.45, 2.75) is 27.7 Å². The average Bonchev–Trinajstić information content (AvgIpc) is 2.04. The van der Waals surface area contributed by atoms with E-state index in [0.717, 1.165) is 0 Å². The summed E-state index contributed by atoms with van der Waals surface area (Å²) in [6.07, 6.45) is 0. The van der Waals surface area contributed by atoms with E-state index in [1.54, 1.807) is 0 Å². The van der Waals surface area contributed by atoms with Gasteiger partial charge < -0.3 is 4.74 Å². The van der Waals surface area contributed by atoms with Gasteiger partial charge in [-0.2, -0.15) is 10.5 Å². The smallest absolute Gasteiger partial charge is 0.0751 e. The summed E-state index contributed by atoms with van der Waals surface area (Å²) in [5.41, 5.74) is -0.933. The molecule has 0 aromatic rings. The predicted molar refractivity (Wildman–Crippen MR) is 49.6 cm³/mol. The fourth-order valence-electron chi connectivity index (χ4n) is 0.626. The van der Waals surface area contributed by atoms with Crippen molar-refractivity contribution in [1.82, 2.24) is 0 Å². The van der Waals surface area contributed by atoms with Crippen LogP contribution in [0.2, 0.25) is 0 Å². The Morgan fingerprint density at radius 3 is 1.46 bits per heavy atom. The Morgan fingerprint density at radius 2 is 1.23 bits per heavy atom. The zero-order chi connectivity index (χ0) is 10.5. The molecule has 0 saturated carbocycles. The third kappa shape index (κ3) is 5.22. The second-order valence-corrected chi connectivity index (χ2v) is 4.48. The van der Waals surface area contributed by atoms with Gasteiger partial charge in [-0.25, -0.2) is 0 Å². The number of hydrogen-bond acceptors (Lipinski definition) is 3. The molecule has 0 aromatic carbocycles. The lowest BCUT2D eigenvalue weighted by molar-refractivity contribution is 0.0501. The summed E-state index contributed by atoms with van der Waals surface area (Å²) >= 11 is 0. The Bertz CT molecular complexity index is 217. The highest BCUT2D eigenvalue weighted by molar-refractivity contribution is 4.94. The van der Waals surface area contributed by atoms with Crippen LogP contribution in [0.15, 0.2) is 0 Å². The first-order valence-electron chi connectivity index (χ1n) is 4.23. The van der Waals surface area contributed by atoms with Crippen molar-refractivity contribution >= 4 is 0 Å². The van der Waals surface area contributed by atoms with Gasteiger partial charge in [-0.3, -0.25) is 0 Å². The van der Waals surface area contributed by atoms with Crippen molar-refractivity contribution in [3.63, 3.8) is 0 Å². The molecule has 72 valence electrons. The molecule has 0 atom stereocenters. The monoisotopic (exact) mass is 180 g/mol. The number of rotatable bonds is 4. The molecule has 0 bridgehead atoms. The van der Waals surface area contributed by atoms with Crippen LogP contribution in [0.4, 0.5) is 0 Å². The largest absolute Gasteiger partial charge is 0.378 e. The van der Waals surface area contributed by atoms with Crippen LogP contribution in [0.25, 0.3) is 0 Å². The maximum Gasteiger partial charge on any atom is 0.0751 e. The van der Waals surface area contributed by atoms with E-state index in [2.05, 4.69) is 12.1 Å². The Hall–Kier alpha value is -1.06. The lowest BCUT2D eigenvalue weighted by Gasteiger charge is -2.19. The van der Waals surface area contributed by atoms with E-state index in [1.807, 2.05) is 27.7 Å². The van der Waals surface area contributed by atoms with Gasteiger partial charge in [0.05, 0.1) is 36.2 Å². The highest BCUT2D eigenvalue weighted by atomic mass is 16.5. The third-order valence-electron chi connectivity index (χ3n) is 1.53. The van der Waals surface area contributed by atoms with Crippen molar-refractivity contribution in [2.24, 2.45) is 10.8 Å². The van der Waals surface area contributed by atoms with Gasteiger partial charge in [-0.1, -0.05) is 0 Å². The molecule has 0 unspecified atom stereocenters. The van der Waals surface area contributed by atoms with Crippen LogP contribution in [0.1, 0.15) is 27.7 Å². The van der Waals surface area contributed by atoms with Gasteiger partial charge in [-0.15, -0.1) is 0 Å². The molecular formula is C10H16N2O. The summed E-state index contributed by atoms with van der Waals surface area (Å²) in [6.45, 7) is 7.99. The van der Waals surface area contributed by atoms with E-state index < -0.39 is 10.8 Å². The van der Waals surface area contributed by atoms with Crippen LogP contribution < -0.4 is 0 Å². The third-order valence-corrected chi connectivity index (χ3v) is 1.53. The summed E-state index contributed by atoms with van der Waals surface area (Å²) in [4.78, 5) is 0. The highest BCUT2D eigenvalue weighted by Crippen LogP contribution is 2.17. The van der Waals surface area contributed by atoms with E-state index in [9.17, 15) is 0 Å². The number of nitrogens with zero attached hydrogens (tertiary/aromatic N) is 2. The summed E-state index contributed by atoms with van der Waals surface area (Å²) in [5, 5.41) is 17.4. The second-order valence-electron chi connectivity index (χ2n) is 4.48. The Morgan fingerprint density at radius 1 is 0.923 bits per heavy atom. The molecule has 3 heteroatoms. The van der Waals surface area contributed by atoms with E-state index in [4.69, 9.17) is 15.3 Å². The molecule has 13 heavy (non-hydrogen) atoms. The van der Waals surface area contributed by atoms with Gasteiger partial charge >= 0.3 is 0 Å². The van der Waals surface area contributed by atoms with E-state index in [1.165, 1.54) is 0 Å². The first kappa shape index (κ1) is 11.9. The normalized spacial score (nSPS) is 11.8. The molecule has 0 heterocycles. The van der Waals surface area contributed by atoms with Crippen LogP contribution in [-0.2, 0) is 4.74 Å². The first-order valence-corrected chi connectivity index (χ1v) is 4.23. The molecular weight excluding hydrogens is 164 g/mol. The molecule has 0 aliphatic heterocycles. The van der Waals surface area contributed by atoms with Crippen LogP contribution in [-0.4, -0.2) is 13.2 Å². The molecule has 0 rings (SSSR count). The molecule has 3 nitrogen and oxygen atoms in total. The zero-order valence-corrected chi connectivity index (χ0v) is 8.72. The lowest BCUT2D eigenvalue weighted by Crippen LogP contribution is -2.23. The second kappa shape index (κ2) is 4.25. The van der Waals surface area contributed by atoms with Crippen molar-refractivity contribution in [1.29, 1.82) is 10.5 Å². The SMILES string of the molecule is CC(C)(C#N)COCC(C)(C)C#N. The summed E-state index contributed by atoms with van der Waals surface area (Å²) in [7, 11) is 0. The quantitative estimate of drug-likeness (QED) is 0.665. The summed E-state index contributed by atoms with van der Waals surface area (Å²) in [6, 6.07) is 4.28. The van der Waals surface area contributed by atoms with Crippen molar-refractivity contribution < 1.29 is 4.74 Å². The Balaban J connectivity index is 3.85. The first-order chi connectivity index (χ1) is 5.83. The molecule has 0 N–H and O–H groups in total. The van der Waals surface area contributed by atoms with E-state index in [-0.39, 0.29) is 0 Å². The predicted octanol–water partition coefficient (Wildman–Crippen LogP) is 2.10. The topological polar surface area (TPSA) is 56.8 Å².